The van der Waals surface area contributed by atoms with Gasteiger partial charge in [0.15, 0.2) is 0 Å². The molecule has 1 aliphatic heterocycles. The monoisotopic (exact) mass is 322 g/mol. The molecule has 0 bridgehead atoms. The first-order valence-electron chi connectivity index (χ1n) is 8.27. The van der Waals surface area contributed by atoms with Gasteiger partial charge in [-0.2, -0.15) is 0 Å². The van der Waals surface area contributed by atoms with Crippen LogP contribution >= 0.6 is 0 Å². The van der Waals surface area contributed by atoms with E-state index in [0.29, 0.717) is 31.7 Å². The van der Waals surface area contributed by atoms with Crippen LogP contribution in [0.1, 0.15) is 31.8 Å². The lowest BCUT2D eigenvalue weighted by atomic mass is 10.1. The molecule has 0 aliphatic carbocycles. The summed E-state index contributed by atoms with van der Waals surface area (Å²) >= 11 is 0. The Kier molecular flexibility index (Phi) is 4.65. The van der Waals surface area contributed by atoms with E-state index in [4.69, 9.17) is 0 Å². The molecule has 0 N–H and O–H groups in total. The first-order chi connectivity index (χ1) is 11.6. The number of aryl methyl sites for hydroxylation is 2. The highest BCUT2D eigenvalue weighted by Gasteiger charge is 2.26. The van der Waals surface area contributed by atoms with Crippen LogP contribution in [-0.4, -0.2) is 47.8 Å². The van der Waals surface area contributed by atoms with E-state index < -0.39 is 0 Å². The SMILES string of the molecule is Cc1cccc(C(=O)N2CCN(C(=O)c3ccccc3C)CC2)c1. The minimum absolute atomic E-state index is 0.0432. The average Bonchev–Trinajstić information content (AvgIpc) is 2.61. The van der Waals surface area contributed by atoms with E-state index in [1.165, 1.54) is 0 Å². The minimum Gasteiger partial charge on any atom is -0.335 e. The summed E-state index contributed by atoms with van der Waals surface area (Å²) in [6.07, 6.45) is 0. The quantitative estimate of drug-likeness (QED) is 0.853. The van der Waals surface area contributed by atoms with Crippen molar-refractivity contribution in [1.82, 2.24) is 9.80 Å². The van der Waals surface area contributed by atoms with Crippen LogP contribution in [0, 0.1) is 13.8 Å². The van der Waals surface area contributed by atoms with E-state index in [2.05, 4.69) is 0 Å². The molecular weight excluding hydrogens is 300 g/mol. The Hall–Kier alpha value is -2.62. The number of amides is 2. The maximum Gasteiger partial charge on any atom is 0.254 e. The van der Waals surface area contributed by atoms with Crippen molar-refractivity contribution < 1.29 is 9.59 Å². The summed E-state index contributed by atoms with van der Waals surface area (Å²) in [6.45, 7) is 6.23. The molecule has 124 valence electrons. The molecule has 2 aromatic carbocycles. The van der Waals surface area contributed by atoms with Gasteiger partial charge in [-0.15, -0.1) is 0 Å². The zero-order valence-electron chi connectivity index (χ0n) is 14.2. The van der Waals surface area contributed by atoms with E-state index in [0.717, 1.165) is 16.7 Å². The molecule has 0 aromatic heterocycles. The molecule has 1 aliphatic rings. The zero-order valence-corrected chi connectivity index (χ0v) is 14.2. The van der Waals surface area contributed by atoms with Crippen LogP contribution in [0.3, 0.4) is 0 Å². The van der Waals surface area contributed by atoms with Crippen LogP contribution in [0.5, 0.6) is 0 Å². The molecule has 3 rings (SSSR count). The molecule has 4 nitrogen and oxygen atoms in total. The number of carbonyl (C=O) groups is 2. The highest BCUT2D eigenvalue weighted by atomic mass is 16.2. The van der Waals surface area contributed by atoms with E-state index >= 15 is 0 Å². The van der Waals surface area contributed by atoms with E-state index in [-0.39, 0.29) is 11.8 Å². The van der Waals surface area contributed by atoms with Crippen molar-refractivity contribution in [3.8, 4) is 0 Å². The Morgan fingerprint density at radius 2 is 1.42 bits per heavy atom. The summed E-state index contributed by atoms with van der Waals surface area (Å²) in [5.74, 6) is 0.0949. The molecule has 0 saturated carbocycles. The Bertz CT molecular complexity index is 762. The molecule has 1 saturated heterocycles. The van der Waals surface area contributed by atoms with Crippen LogP contribution in [0.2, 0.25) is 0 Å². The fourth-order valence-electron chi connectivity index (χ4n) is 3.06. The molecule has 0 spiro atoms. The zero-order chi connectivity index (χ0) is 17.1. The van der Waals surface area contributed by atoms with E-state index in [1.54, 1.807) is 0 Å². The number of hydrogen-bond donors (Lipinski definition) is 0. The van der Waals surface area contributed by atoms with Crippen LogP contribution in [0.25, 0.3) is 0 Å². The number of nitrogens with zero attached hydrogens (tertiary/aromatic N) is 2. The van der Waals surface area contributed by atoms with Crippen molar-refractivity contribution in [3.63, 3.8) is 0 Å². The maximum atomic E-state index is 12.6. The average molecular weight is 322 g/mol. The van der Waals surface area contributed by atoms with Crippen LogP contribution in [0.15, 0.2) is 48.5 Å². The van der Waals surface area contributed by atoms with E-state index in [9.17, 15) is 9.59 Å². The predicted octanol–water partition coefficient (Wildman–Crippen LogP) is 2.90. The Balaban J connectivity index is 1.65. The van der Waals surface area contributed by atoms with Crippen molar-refractivity contribution in [1.29, 1.82) is 0 Å². The summed E-state index contributed by atoms with van der Waals surface area (Å²) < 4.78 is 0. The fourth-order valence-corrected chi connectivity index (χ4v) is 3.06. The predicted molar refractivity (Wildman–Crippen MR) is 94.2 cm³/mol. The van der Waals surface area contributed by atoms with Gasteiger partial charge in [0.25, 0.3) is 11.8 Å². The standard InChI is InChI=1S/C20H22N2O2/c1-15-6-5-8-17(14-15)19(23)21-10-12-22(13-11-21)20(24)18-9-4-3-7-16(18)2/h3-9,14H,10-13H2,1-2H3. The molecule has 24 heavy (non-hydrogen) atoms. The molecule has 0 unspecified atom stereocenters. The van der Waals surface area contributed by atoms with Crippen molar-refractivity contribution >= 4 is 11.8 Å². The van der Waals surface area contributed by atoms with Gasteiger partial charge >= 0.3 is 0 Å². The third-order valence-corrected chi connectivity index (χ3v) is 4.49. The summed E-state index contributed by atoms with van der Waals surface area (Å²) in [7, 11) is 0. The second-order valence-corrected chi connectivity index (χ2v) is 6.27. The third-order valence-electron chi connectivity index (χ3n) is 4.49. The van der Waals surface area contributed by atoms with Crippen molar-refractivity contribution in [2.75, 3.05) is 26.2 Å². The van der Waals surface area contributed by atoms with Gasteiger partial charge in [0, 0.05) is 37.3 Å². The smallest absolute Gasteiger partial charge is 0.254 e. The number of benzene rings is 2. The van der Waals surface area contributed by atoms with Gasteiger partial charge in [0.1, 0.15) is 0 Å². The van der Waals surface area contributed by atoms with Gasteiger partial charge in [-0.05, 0) is 37.6 Å². The summed E-state index contributed by atoms with van der Waals surface area (Å²) in [4.78, 5) is 28.9. The number of rotatable bonds is 2. The number of hydrogen-bond acceptors (Lipinski definition) is 2. The van der Waals surface area contributed by atoms with E-state index in [1.807, 2.05) is 72.2 Å². The van der Waals surface area contributed by atoms with Crippen LogP contribution in [-0.2, 0) is 0 Å². The second-order valence-electron chi connectivity index (χ2n) is 6.27. The van der Waals surface area contributed by atoms with Gasteiger partial charge in [-0.25, -0.2) is 0 Å². The molecule has 1 fully saturated rings. The topological polar surface area (TPSA) is 40.6 Å². The molecule has 4 heteroatoms. The highest BCUT2D eigenvalue weighted by molar-refractivity contribution is 5.96. The first kappa shape index (κ1) is 16.2. The van der Waals surface area contributed by atoms with Crippen molar-refractivity contribution in [2.24, 2.45) is 0 Å². The Labute approximate surface area is 142 Å². The van der Waals surface area contributed by atoms with Crippen LogP contribution < -0.4 is 0 Å². The number of carbonyl (C=O) groups excluding carboxylic acids is 2. The maximum absolute atomic E-state index is 12.6. The van der Waals surface area contributed by atoms with Gasteiger partial charge in [-0.3, -0.25) is 9.59 Å². The molecule has 2 aromatic rings. The normalized spacial score (nSPS) is 14.6. The van der Waals surface area contributed by atoms with Gasteiger partial charge in [-0.1, -0.05) is 35.9 Å². The van der Waals surface area contributed by atoms with Crippen LogP contribution in [0.4, 0.5) is 0 Å². The van der Waals surface area contributed by atoms with Crippen molar-refractivity contribution in [2.45, 2.75) is 13.8 Å². The minimum atomic E-state index is 0.0432. The third kappa shape index (κ3) is 3.32. The second kappa shape index (κ2) is 6.87. The summed E-state index contributed by atoms with van der Waals surface area (Å²) in [5.41, 5.74) is 3.53. The van der Waals surface area contributed by atoms with Crippen molar-refractivity contribution in [3.05, 3.63) is 70.8 Å². The van der Waals surface area contributed by atoms with Gasteiger partial charge in [0.2, 0.25) is 0 Å². The molecule has 2 amide bonds. The molecule has 0 radical (unpaired) electrons. The first-order valence-corrected chi connectivity index (χ1v) is 8.27. The Morgan fingerprint density at radius 3 is 2.04 bits per heavy atom. The largest absolute Gasteiger partial charge is 0.335 e. The Morgan fingerprint density at radius 1 is 0.792 bits per heavy atom. The molecule has 0 atom stereocenters. The highest BCUT2D eigenvalue weighted by Crippen LogP contribution is 2.15. The lowest BCUT2D eigenvalue weighted by Crippen LogP contribution is -2.50. The number of piperazine rings is 1. The summed E-state index contributed by atoms with van der Waals surface area (Å²) in [6, 6.07) is 15.3. The van der Waals surface area contributed by atoms with Gasteiger partial charge < -0.3 is 9.80 Å². The molecular formula is C20H22N2O2. The van der Waals surface area contributed by atoms with Gasteiger partial charge in [0.05, 0.1) is 0 Å². The fraction of sp³-hybridized carbons (Fsp3) is 0.300. The lowest BCUT2D eigenvalue weighted by Gasteiger charge is -2.35. The molecule has 1 heterocycles. The lowest BCUT2D eigenvalue weighted by molar-refractivity contribution is 0.0535. The summed E-state index contributed by atoms with van der Waals surface area (Å²) in [5, 5.41) is 0.